The average Bonchev–Trinajstić information content (AvgIpc) is 3.42. The molecule has 3 N–H and O–H groups in total. The molecule has 3 heterocycles. The molecule has 3 saturated heterocycles. The number of benzene rings is 1. The molecule has 1 aromatic carbocycles. The molecule has 3 fully saturated rings. The summed E-state index contributed by atoms with van der Waals surface area (Å²) in [5.74, 6) is -0.676. The SMILES string of the molecule is CCOc1ccc(NC(=O)[C@@H]2[C@H]3C(=O)N(CCCCO)C(C(=O)NC(C)C)C34CC[C@H]2S4)cc1. The van der Waals surface area contributed by atoms with Crippen LogP contribution in [0.3, 0.4) is 0 Å². The van der Waals surface area contributed by atoms with Crippen molar-refractivity contribution in [2.75, 3.05) is 25.1 Å². The van der Waals surface area contributed by atoms with Gasteiger partial charge in [0.1, 0.15) is 11.8 Å². The highest BCUT2D eigenvalue weighted by Gasteiger charge is 2.73. The Hall–Kier alpha value is -2.26. The van der Waals surface area contributed by atoms with E-state index in [4.69, 9.17) is 4.74 Å². The van der Waals surface area contributed by atoms with Crippen LogP contribution in [0.5, 0.6) is 5.75 Å². The van der Waals surface area contributed by atoms with Gasteiger partial charge in [-0.3, -0.25) is 14.4 Å². The Labute approximate surface area is 205 Å². The van der Waals surface area contributed by atoms with Crippen LogP contribution in [-0.4, -0.2) is 69.6 Å². The predicted molar refractivity (Wildman–Crippen MR) is 132 cm³/mol. The summed E-state index contributed by atoms with van der Waals surface area (Å²) in [5, 5.41) is 15.2. The lowest BCUT2D eigenvalue weighted by Gasteiger charge is -2.34. The smallest absolute Gasteiger partial charge is 0.244 e. The molecule has 2 bridgehead atoms. The van der Waals surface area contributed by atoms with Gasteiger partial charge in [-0.25, -0.2) is 0 Å². The van der Waals surface area contributed by atoms with Gasteiger partial charge in [0.15, 0.2) is 0 Å². The molecule has 3 amide bonds. The van der Waals surface area contributed by atoms with Gasteiger partial charge in [0.05, 0.1) is 23.2 Å². The van der Waals surface area contributed by atoms with E-state index >= 15 is 0 Å². The number of amides is 3. The Kier molecular flexibility index (Phi) is 7.42. The first-order valence-electron chi connectivity index (χ1n) is 12.3. The van der Waals surface area contributed by atoms with Gasteiger partial charge in [-0.1, -0.05) is 0 Å². The maximum atomic E-state index is 13.7. The van der Waals surface area contributed by atoms with Crippen LogP contribution in [0.1, 0.15) is 46.5 Å². The second-order valence-electron chi connectivity index (χ2n) is 9.63. The van der Waals surface area contributed by atoms with Crippen LogP contribution in [0.2, 0.25) is 0 Å². The number of hydrogen-bond donors (Lipinski definition) is 3. The second kappa shape index (κ2) is 10.2. The highest BCUT2D eigenvalue weighted by Crippen LogP contribution is 2.66. The number of ether oxygens (including phenoxy) is 1. The van der Waals surface area contributed by atoms with E-state index in [0.29, 0.717) is 31.7 Å². The van der Waals surface area contributed by atoms with Gasteiger partial charge >= 0.3 is 0 Å². The quantitative estimate of drug-likeness (QED) is 0.436. The molecule has 3 aliphatic heterocycles. The van der Waals surface area contributed by atoms with Crippen LogP contribution in [0, 0.1) is 11.8 Å². The molecule has 5 atom stereocenters. The number of aliphatic hydroxyl groups excluding tert-OH is 1. The number of likely N-dealkylation sites (tertiary alicyclic amines) is 1. The van der Waals surface area contributed by atoms with Crippen molar-refractivity contribution in [2.45, 2.75) is 68.5 Å². The Balaban J connectivity index is 1.58. The summed E-state index contributed by atoms with van der Waals surface area (Å²) < 4.78 is 4.89. The molecule has 34 heavy (non-hydrogen) atoms. The van der Waals surface area contributed by atoms with E-state index in [9.17, 15) is 19.5 Å². The van der Waals surface area contributed by atoms with Gasteiger partial charge in [0.25, 0.3) is 0 Å². The van der Waals surface area contributed by atoms with Crippen molar-refractivity contribution in [1.29, 1.82) is 0 Å². The van der Waals surface area contributed by atoms with Gasteiger partial charge in [0.2, 0.25) is 17.7 Å². The van der Waals surface area contributed by atoms with E-state index in [-0.39, 0.29) is 35.6 Å². The number of unbranched alkanes of at least 4 members (excludes halogenated alkanes) is 1. The Bertz CT molecular complexity index is 924. The molecule has 0 saturated carbocycles. The normalized spacial score (nSPS) is 29.4. The number of aliphatic hydroxyl groups is 1. The monoisotopic (exact) mass is 489 g/mol. The number of fused-ring (bicyclic) bond motifs is 1. The highest BCUT2D eigenvalue weighted by molar-refractivity contribution is 8.02. The Morgan fingerprint density at radius 1 is 1.24 bits per heavy atom. The van der Waals surface area contributed by atoms with Crippen LogP contribution in [0.4, 0.5) is 5.69 Å². The van der Waals surface area contributed by atoms with E-state index in [1.165, 1.54) is 0 Å². The zero-order valence-electron chi connectivity index (χ0n) is 20.1. The standard InChI is InChI=1S/C25H35N3O5S/c1-4-33-17-9-7-16(8-10-17)27-22(30)19-18-11-12-25(34-18)20(19)24(32)28(13-5-6-14-29)21(25)23(31)26-15(2)3/h7-10,15,18-21,29H,4-6,11-14H2,1-3H3,(H,26,31)(H,27,30)/t18-,19+,20+,21?,25?/m1/s1. The molecule has 1 spiro atoms. The summed E-state index contributed by atoms with van der Waals surface area (Å²) in [6.07, 6.45) is 2.75. The summed E-state index contributed by atoms with van der Waals surface area (Å²) in [7, 11) is 0. The second-order valence-corrected chi connectivity index (χ2v) is 11.2. The largest absolute Gasteiger partial charge is 0.494 e. The van der Waals surface area contributed by atoms with Gasteiger partial charge in [-0.2, -0.15) is 0 Å². The number of carbonyl (C=O) groups is 3. The number of nitrogens with one attached hydrogen (secondary N) is 2. The highest BCUT2D eigenvalue weighted by atomic mass is 32.2. The van der Waals surface area contributed by atoms with Gasteiger partial charge in [-0.15, -0.1) is 11.8 Å². The lowest BCUT2D eigenvalue weighted by Crippen LogP contribution is -2.54. The molecule has 0 aromatic heterocycles. The lowest BCUT2D eigenvalue weighted by atomic mass is 9.70. The number of hydrogen-bond acceptors (Lipinski definition) is 6. The minimum atomic E-state index is -0.593. The van der Waals surface area contributed by atoms with Crippen LogP contribution < -0.4 is 15.4 Å². The van der Waals surface area contributed by atoms with Crippen molar-refractivity contribution in [3.63, 3.8) is 0 Å². The fraction of sp³-hybridized carbons (Fsp3) is 0.640. The van der Waals surface area contributed by atoms with Crippen molar-refractivity contribution in [3.8, 4) is 5.75 Å². The third-order valence-corrected chi connectivity index (χ3v) is 8.97. The van der Waals surface area contributed by atoms with E-state index in [1.54, 1.807) is 28.8 Å². The minimum absolute atomic E-state index is 0.0191. The summed E-state index contributed by atoms with van der Waals surface area (Å²) in [4.78, 5) is 42.2. The number of rotatable bonds is 10. The van der Waals surface area contributed by atoms with E-state index < -0.39 is 22.6 Å². The van der Waals surface area contributed by atoms with Crippen molar-refractivity contribution in [1.82, 2.24) is 10.2 Å². The maximum Gasteiger partial charge on any atom is 0.244 e. The first-order chi connectivity index (χ1) is 16.3. The van der Waals surface area contributed by atoms with Crippen molar-refractivity contribution in [3.05, 3.63) is 24.3 Å². The first kappa shape index (κ1) is 24.9. The Morgan fingerprint density at radius 3 is 2.62 bits per heavy atom. The average molecular weight is 490 g/mol. The molecule has 186 valence electrons. The van der Waals surface area contributed by atoms with Crippen LogP contribution in [0.15, 0.2) is 24.3 Å². The molecule has 0 aliphatic carbocycles. The topological polar surface area (TPSA) is 108 Å². The number of anilines is 1. The molecule has 8 nitrogen and oxygen atoms in total. The fourth-order valence-electron chi connectivity index (χ4n) is 5.78. The van der Waals surface area contributed by atoms with Crippen LogP contribution in [0.25, 0.3) is 0 Å². The van der Waals surface area contributed by atoms with E-state index in [2.05, 4.69) is 10.6 Å². The molecular weight excluding hydrogens is 454 g/mol. The third kappa shape index (κ3) is 4.40. The fourth-order valence-corrected chi connectivity index (χ4v) is 8.00. The van der Waals surface area contributed by atoms with Gasteiger partial charge < -0.3 is 25.4 Å². The molecule has 3 aliphatic rings. The minimum Gasteiger partial charge on any atom is -0.494 e. The molecule has 0 radical (unpaired) electrons. The number of carbonyl (C=O) groups excluding carboxylic acids is 3. The predicted octanol–water partition coefficient (Wildman–Crippen LogP) is 2.41. The van der Waals surface area contributed by atoms with Crippen molar-refractivity contribution in [2.24, 2.45) is 11.8 Å². The molecule has 1 aromatic rings. The van der Waals surface area contributed by atoms with E-state index in [0.717, 1.165) is 18.6 Å². The molecule has 9 heteroatoms. The Morgan fingerprint density at radius 2 is 1.97 bits per heavy atom. The summed E-state index contributed by atoms with van der Waals surface area (Å²) in [5.41, 5.74) is 0.662. The maximum absolute atomic E-state index is 13.7. The number of thioether (sulfide) groups is 1. The van der Waals surface area contributed by atoms with Gasteiger partial charge in [0, 0.05) is 30.1 Å². The number of nitrogens with zero attached hydrogens (tertiary/aromatic N) is 1. The van der Waals surface area contributed by atoms with Crippen LogP contribution in [-0.2, 0) is 14.4 Å². The molecule has 2 unspecified atom stereocenters. The summed E-state index contributed by atoms with van der Waals surface area (Å²) >= 11 is 1.66. The lowest BCUT2D eigenvalue weighted by molar-refractivity contribution is -0.139. The summed E-state index contributed by atoms with van der Waals surface area (Å²) in [6, 6.07) is 6.59. The van der Waals surface area contributed by atoms with Gasteiger partial charge in [-0.05, 0) is 70.7 Å². The van der Waals surface area contributed by atoms with Crippen molar-refractivity contribution >= 4 is 35.2 Å². The zero-order valence-corrected chi connectivity index (χ0v) is 20.9. The molecule has 4 rings (SSSR count). The third-order valence-electron chi connectivity index (χ3n) is 7.02. The van der Waals surface area contributed by atoms with E-state index in [1.807, 2.05) is 32.9 Å². The van der Waals surface area contributed by atoms with Crippen molar-refractivity contribution < 1.29 is 24.2 Å². The molecular formula is C25H35N3O5S. The van der Waals surface area contributed by atoms with Crippen LogP contribution >= 0.6 is 11.8 Å². The zero-order chi connectivity index (χ0) is 24.5. The summed E-state index contributed by atoms with van der Waals surface area (Å²) in [6.45, 7) is 6.76. The first-order valence-corrected chi connectivity index (χ1v) is 13.1.